The molecule has 2 aliphatic carbocycles. The Bertz CT molecular complexity index is 1480. The quantitative estimate of drug-likeness (QED) is 0.142. The fourth-order valence-electron chi connectivity index (χ4n) is 9.97. The van der Waals surface area contributed by atoms with Crippen molar-refractivity contribution in [1.82, 2.24) is 0 Å². The number of rotatable bonds is 11. The van der Waals surface area contributed by atoms with E-state index in [9.17, 15) is 0 Å². The number of allylic oxidation sites excluding steroid dienone is 2. The van der Waals surface area contributed by atoms with Gasteiger partial charge >= 0.3 is 258 Å². The summed E-state index contributed by atoms with van der Waals surface area (Å²) in [6, 6.07) is 43.0. The van der Waals surface area contributed by atoms with Gasteiger partial charge in [-0.05, 0) is 0 Å². The average Bonchev–Trinajstić information content (AvgIpc) is 3.56. The first kappa shape index (κ1) is 29.5. The molecule has 4 aromatic rings. The van der Waals surface area contributed by atoms with Crippen molar-refractivity contribution in [3.63, 3.8) is 0 Å². The second kappa shape index (κ2) is 12.2. The molecule has 0 nitrogen and oxygen atoms in total. The van der Waals surface area contributed by atoms with Gasteiger partial charge in [-0.3, -0.25) is 0 Å². The van der Waals surface area contributed by atoms with E-state index in [1.54, 1.807) is 32.6 Å². The molecule has 215 valence electrons. The van der Waals surface area contributed by atoms with Gasteiger partial charge in [-0.2, -0.15) is 0 Å². The predicted molar refractivity (Wildman–Crippen MR) is 184 cm³/mol. The van der Waals surface area contributed by atoms with E-state index in [-0.39, 0.29) is 0 Å². The molecule has 0 bridgehead atoms. The number of fused-ring (bicyclic) bond motifs is 2. The summed E-state index contributed by atoms with van der Waals surface area (Å²) < 4.78 is 4.01. The molecule has 0 N–H and O–H groups in total. The van der Waals surface area contributed by atoms with Gasteiger partial charge in [0.25, 0.3) is 0 Å². The molecule has 0 fully saturated rings. The number of unbranched alkanes of at least 4 members (excludes halogenated alkanes) is 2. The number of benzene rings is 4. The SMILES string of the molecule is CCC[CH2][Zr]([CH2]CCC)([CH]1C(C)=Cc2ccccc21)([CH]1C(C)=Cc2ccccc21)[SiH](c1ccccc1)c1ccccc1. The molecule has 2 aliphatic rings. The Labute approximate surface area is 256 Å². The molecule has 0 saturated heterocycles. The van der Waals surface area contributed by atoms with Crippen LogP contribution in [0.15, 0.2) is 120 Å². The van der Waals surface area contributed by atoms with E-state index in [0.717, 1.165) is 0 Å². The van der Waals surface area contributed by atoms with E-state index < -0.39 is 23.9 Å². The molecule has 0 heterocycles. The Morgan fingerprint density at radius 3 is 1.31 bits per heavy atom. The third-order valence-corrected chi connectivity index (χ3v) is 56.7. The van der Waals surface area contributed by atoms with E-state index >= 15 is 0 Å². The third kappa shape index (κ3) is 4.65. The van der Waals surface area contributed by atoms with Crippen LogP contribution in [0.2, 0.25) is 8.26 Å². The Kier molecular flexibility index (Phi) is 8.59. The molecule has 2 heteroatoms. The fraction of sp³-hybridized carbons (Fsp3) is 0.300. The molecule has 4 aromatic carbocycles. The zero-order chi connectivity index (χ0) is 29.2. The maximum atomic E-state index is 2.59. The van der Waals surface area contributed by atoms with Crippen LogP contribution in [0.1, 0.15) is 82.9 Å². The Morgan fingerprint density at radius 1 is 0.524 bits per heavy atom. The zero-order valence-corrected chi connectivity index (χ0v) is 29.6. The maximum absolute atomic E-state index is 4.24. The predicted octanol–water partition coefficient (Wildman–Crippen LogP) is 9.97. The topological polar surface area (TPSA) is 0 Å². The Morgan fingerprint density at radius 2 is 0.905 bits per heavy atom. The standard InChI is InChI=1S/C12H11Si.2C10H9.2C4H9.Zr/c1-3-7-11(8-4-1)13-12-9-5-2-6-10-12;2*1-8-6-9-4-2-3-5-10(9)7-8;2*1-3-4-2;/h1-10,13H;2*2-7H,1H3;2*1,3-4H2,2H3;. The molecule has 6 rings (SSSR count). The van der Waals surface area contributed by atoms with Gasteiger partial charge in [-0.25, -0.2) is 0 Å². The van der Waals surface area contributed by atoms with Crippen molar-refractivity contribution in [1.29, 1.82) is 0 Å². The summed E-state index contributed by atoms with van der Waals surface area (Å²) in [6.45, 7) is 9.89. The summed E-state index contributed by atoms with van der Waals surface area (Å²) in [7, 11) is 0. The first-order valence-corrected chi connectivity index (χ1v) is 28.7. The van der Waals surface area contributed by atoms with Crippen LogP contribution in [0.3, 0.4) is 0 Å². The van der Waals surface area contributed by atoms with Crippen LogP contribution in [-0.4, -0.2) is 5.92 Å². The van der Waals surface area contributed by atoms with Gasteiger partial charge in [0.2, 0.25) is 0 Å². The summed E-state index contributed by atoms with van der Waals surface area (Å²) in [5.41, 5.74) is 9.56. The second-order valence-corrected chi connectivity index (χ2v) is 43.6. The fourth-order valence-corrected chi connectivity index (χ4v) is 68.5. The van der Waals surface area contributed by atoms with Gasteiger partial charge in [0.05, 0.1) is 0 Å². The monoisotopic (exact) mass is 645 g/mol. The van der Waals surface area contributed by atoms with Crippen molar-refractivity contribution in [2.24, 2.45) is 0 Å². The van der Waals surface area contributed by atoms with Crippen LogP contribution in [0.25, 0.3) is 12.2 Å². The molecule has 2 atom stereocenters. The van der Waals surface area contributed by atoms with E-state index in [4.69, 9.17) is 0 Å². The number of hydrogen-bond acceptors (Lipinski definition) is 0. The Hall–Kier alpha value is -2.54. The van der Waals surface area contributed by atoms with Crippen LogP contribution in [0.4, 0.5) is 0 Å². The average molecular weight is 647 g/mol. The van der Waals surface area contributed by atoms with Gasteiger partial charge in [-0.15, -0.1) is 0 Å². The summed E-state index contributed by atoms with van der Waals surface area (Å²) >= 11 is -4.24. The van der Waals surface area contributed by atoms with Gasteiger partial charge in [0.15, 0.2) is 0 Å². The molecule has 0 saturated carbocycles. The van der Waals surface area contributed by atoms with Crippen molar-refractivity contribution in [2.45, 2.75) is 68.9 Å². The molecule has 0 aromatic heterocycles. The van der Waals surface area contributed by atoms with Crippen LogP contribution in [0.5, 0.6) is 0 Å². The van der Waals surface area contributed by atoms with Gasteiger partial charge < -0.3 is 0 Å². The van der Waals surface area contributed by atoms with E-state index in [0.29, 0.717) is 7.25 Å². The minimum absolute atomic E-state index is 0.567. The molecule has 2 unspecified atom stereocenters. The van der Waals surface area contributed by atoms with Crippen molar-refractivity contribution in [2.75, 3.05) is 0 Å². The summed E-state index contributed by atoms with van der Waals surface area (Å²) in [4.78, 5) is 0. The zero-order valence-electron chi connectivity index (χ0n) is 26.0. The summed E-state index contributed by atoms with van der Waals surface area (Å²) in [5, 5.41) is 3.35. The number of hydrogen-bond donors (Lipinski definition) is 0. The molecular weight excluding hydrogens is 600 g/mol. The first-order valence-electron chi connectivity index (χ1n) is 16.4. The van der Waals surface area contributed by atoms with Crippen molar-refractivity contribution in [3.05, 3.63) is 143 Å². The molecule has 0 aliphatic heterocycles. The van der Waals surface area contributed by atoms with Crippen LogP contribution in [0, 0.1) is 0 Å². The molecule has 42 heavy (non-hydrogen) atoms. The third-order valence-electron chi connectivity index (χ3n) is 11.1. The van der Waals surface area contributed by atoms with Gasteiger partial charge in [0.1, 0.15) is 0 Å². The second-order valence-electron chi connectivity index (χ2n) is 13.3. The normalized spacial score (nSPS) is 18.6. The van der Waals surface area contributed by atoms with Crippen molar-refractivity contribution in [3.8, 4) is 0 Å². The van der Waals surface area contributed by atoms with E-state index in [1.807, 2.05) is 0 Å². The van der Waals surface area contributed by atoms with Crippen molar-refractivity contribution < 1.29 is 17.9 Å². The van der Waals surface area contributed by atoms with E-state index in [1.165, 1.54) is 45.1 Å². The molecular formula is C40H47SiZr. The van der Waals surface area contributed by atoms with E-state index in [2.05, 4.69) is 149 Å². The van der Waals surface area contributed by atoms with Crippen LogP contribution in [-0.2, 0) is 17.9 Å². The minimum atomic E-state index is -4.24. The first-order chi connectivity index (χ1) is 20.5. The van der Waals surface area contributed by atoms with Crippen LogP contribution < -0.4 is 10.4 Å². The Balaban J connectivity index is 1.83. The molecule has 0 spiro atoms. The van der Waals surface area contributed by atoms with Gasteiger partial charge in [-0.1, -0.05) is 0 Å². The molecule has 0 radical (unpaired) electrons. The summed E-state index contributed by atoms with van der Waals surface area (Å²) in [5.74, 6) is -1.77. The molecule has 0 amide bonds. The van der Waals surface area contributed by atoms with Gasteiger partial charge in [0, 0.05) is 0 Å². The van der Waals surface area contributed by atoms with Crippen molar-refractivity contribution >= 4 is 28.4 Å². The summed E-state index contributed by atoms with van der Waals surface area (Å²) in [6.07, 6.45) is 10.4. The van der Waals surface area contributed by atoms with Crippen LogP contribution >= 0.6 is 0 Å².